The first-order valence-electron chi connectivity index (χ1n) is 15.1. The number of anilines is 1. The molecule has 7 rings (SSSR count). The maximum atomic E-state index is 15.3. The predicted molar refractivity (Wildman–Crippen MR) is 163 cm³/mol. The molecular weight excluding hydrogens is 579 g/mol. The van der Waals surface area contributed by atoms with Gasteiger partial charge in [0.1, 0.15) is 29.3 Å². The van der Waals surface area contributed by atoms with E-state index in [0.29, 0.717) is 30.9 Å². The Morgan fingerprint density at radius 3 is 2.64 bits per heavy atom. The summed E-state index contributed by atoms with van der Waals surface area (Å²) in [6.07, 6.45) is 6.89. The summed E-state index contributed by atoms with van der Waals surface area (Å²) in [6, 6.07) is 7.85. The molecule has 13 heteroatoms. The van der Waals surface area contributed by atoms with Gasteiger partial charge in [0.25, 0.3) is 11.5 Å². The number of nitrogens with one attached hydrogen (secondary N) is 1. The number of hydrogen-bond donors (Lipinski definition) is 1. The molecule has 2 aliphatic heterocycles. The highest BCUT2D eigenvalue weighted by molar-refractivity contribution is 6.04. The van der Waals surface area contributed by atoms with Crippen LogP contribution in [-0.2, 0) is 19.5 Å². The number of benzene rings is 1. The molecule has 12 nitrogen and oxygen atoms in total. The molecule has 1 saturated carbocycles. The van der Waals surface area contributed by atoms with Gasteiger partial charge in [-0.1, -0.05) is 6.07 Å². The largest absolute Gasteiger partial charge is 0.439 e. The maximum Gasteiger partial charge on any atom is 0.336 e. The van der Waals surface area contributed by atoms with Gasteiger partial charge in [-0.05, 0) is 62.9 Å². The summed E-state index contributed by atoms with van der Waals surface area (Å²) in [5, 5.41) is 2.49. The molecule has 1 aliphatic carbocycles. The molecule has 0 radical (unpaired) electrons. The summed E-state index contributed by atoms with van der Waals surface area (Å²) in [7, 11) is 2.11. The maximum absolute atomic E-state index is 15.3. The number of pyridine rings is 1. The van der Waals surface area contributed by atoms with Crippen molar-refractivity contribution in [1.29, 1.82) is 0 Å². The average Bonchev–Trinajstić information content (AvgIpc) is 3.83. The van der Waals surface area contributed by atoms with Crippen molar-refractivity contribution in [2.75, 3.05) is 32.0 Å². The molecule has 0 spiro atoms. The summed E-state index contributed by atoms with van der Waals surface area (Å²) in [6.45, 7) is 5.86. The van der Waals surface area contributed by atoms with E-state index in [1.54, 1.807) is 12.1 Å². The summed E-state index contributed by atoms with van der Waals surface area (Å²) < 4.78 is 23.5. The average molecular weight is 613 g/mol. The van der Waals surface area contributed by atoms with Crippen LogP contribution in [0.25, 0.3) is 5.82 Å². The number of hydrogen-bond acceptors (Lipinski definition) is 9. The van der Waals surface area contributed by atoms with Gasteiger partial charge in [0.05, 0.1) is 11.4 Å². The first-order chi connectivity index (χ1) is 21.7. The van der Waals surface area contributed by atoms with E-state index < -0.39 is 23.0 Å². The third-order valence-electron chi connectivity index (χ3n) is 8.64. The van der Waals surface area contributed by atoms with Crippen LogP contribution in [0.15, 0.2) is 58.6 Å². The first kappa shape index (κ1) is 29.0. The molecular formula is C32H33FN8O4. The lowest BCUT2D eigenvalue weighted by atomic mass is 10.0. The van der Waals surface area contributed by atoms with Crippen LogP contribution in [0.3, 0.4) is 0 Å². The van der Waals surface area contributed by atoms with Gasteiger partial charge in [-0.2, -0.15) is 0 Å². The van der Waals surface area contributed by atoms with Gasteiger partial charge < -0.3 is 15.0 Å². The number of aryl methyl sites for hydroxylation is 1. The molecule has 2 fully saturated rings. The van der Waals surface area contributed by atoms with Crippen molar-refractivity contribution in [2.24, 2.45) is 5.92 Å². The number of carbonyl (C=O) groups excluding carboxylic acids is 1. The van der Waals surface area contributed by atoms with Crippen LogP contribution in [-0.4, -0.2) is 72.5 Å². The zero-order valence-corrected chi connectivity index (χ0v) is 25.1. The van der Waals surface area contributed by atoms with Crippen molar-refractivity contribution in [2.45, 2.75) is 45.3 Å². The quantitative estimate of drug-likeness (QED) is 0.320. The van der Waals surface area contributed by atoms with Gasteiger partial charge in [0.2, 0.25) is 5.88 Å². The van der Waals surface area contributed by atoms with Crippen LogP contribution in [0, 0.1) is 18.7 Å². The second kappa shape index (κ2) is 11.6. The van der Waals surface area contributed by atoms with Crippen LogP contribution < -0.4 is 21.3 Å². The molecule has 45 heavy (non-hydrogen) atoms. The lowest BCUT2D eigenvalue weighted by Gasteiger charge is -2.45. The van der Waals surface area contributed by atoms with Crippen LogP contribution >= 0.6 is 0 Å². The van der Waals surface area contributed by atoms with Crippen LogP contribution in [0.1, 0.15) is 40.0 Å². The molecule has 232 valence electrons. The fourth-order valence-electron chi connectivity index (χ4n) is 5.86. The number of aromatic nitrogens is 5. The molecule has 0 unspecified atom stereocenters. The minimum atomic E-state index is -0.843. The zero-order chi connectivity index (χ0) is 31.2. The summed E-state index contributed by atoms with van der Waals surface area (Å²) in [5.41, 5.74) is 0.801. The molecule has 5 heterocycles. The van der Waals surface area contributed by atoms with Crippen molar-refractivity contribution < 1.29 is 13.9 Å². The smallest absolute Gasteiger partial charge is 0.336 e. The van der Waals surface area contributed by atoms with E-state index in [-0.39, 0.29) is 22.8 Å². The second-order valence-corrected chi connectivity index (χ2v) is 12.2. The van der Waals surface area contributed by atoms with E-state index >= 15 is 4.39 Å². The fourth-order valence-corrected chi connectivity index (χ4v) is 5.86. The van der Waals surface area contributed by atoms with E-state index in [1.165, 1.54) is 35.4 Å². The molecule has 1 N–H and O–H groups in total. The SMILES string of the molecule is Cc1ccc(-n2c(=O)c(C(=O)Nc3ccc(Oc4ncnc5c4CCN(C4CN(C)C4)C5)cc3F)cn(CC3CC3)c2=O)nc1. The summed E-state index contributed by atoms with van der Waals surface area (Å²) in [5.74, 6) is -0.603. The van der Waals surface area contributed by atoms with Crippen molar-refractivity contribution in [3.05, 3.63) is 98.1 Å². The number of likely N-dealkylation sites (tertiary alicyclic amines) is 1. The first-order valence-corrected chi connectivity index (χ1v) is 15.1. The monoisotopic (exact) mass is 612 g/mol. The lowest BCUT2D eigenvalue weighted by Crippen LogP contribution is -2.58. The van der Waals surface area contributed by atoms with E-state index in [9.17, 15) is 14.4 Å². The van der Waals surface area contributed by atoms with Gasteiger partial charge in [0, 0.05) is 62.8 Å². The highest BCUT2D eigenvalue weighted by Crippen LogP contribution is 2.32. The van der Waals surface area contributed by atoms with E-state index in [4.69, 9.17) is 4.74 Å². The van der Waals surface area contributed by atoms with E-state index in [0.717, 1.165) is 66.4 Å². The third kappa shape index (κ3) is 5.88. The number of halogens is 1. The lowest BCUT2D eigenvalue weighted by molar-refractivity contribution is 0.0420. The van der Waals surface area contributed by atoms with Crippen LogP contribution in [0.5, 0.6) is 11.6 Å². The predicted octanol–water partition coefficient (Wildman–Crippen LogP) is 2.76. The standard InChI is InChI=1S/C32H33FN8O4/c1-19-3-8-28(34-12-19)41-31(43)24(16-40(32(41)44)13-20-4-5-20)29(42)37-26-7-6-22(11-25(26)33)45-30-23-9-10-39(21-14-38(2)15-21)17-27(23)35-18-36-30/h3,6-8,11-12,16,18,20-21H,4-5,9-10,13-15,17H2,1-2H3,(H,37,42). The molecule has 4 aromatic rings. The Balaban J connectivity index is 1.11. The van der Waals surface area contributed by atoms with E-state index in [1.807, 2.05) is 6.92 Å². The van der Waals surface area contributed by atoms with Crippen molar-refractivity contribution in [3.63, 3.8) is 0 Å². The Labute approximate surface area is 258 Å². The molecule has 1 saturated heterocycles. The molecule has 0 atom stereocenters. The highest BCUT2D eigenvalue weighted by Gasteiger charge is 2.33. The fraction of sp³-hybridized carbons (Fsp3) is 0.375. The normalized spacial score (nSPS) is 17.0. The zero-order valence-electron chi connectivity index (χ0n) is 25.1. The van der Waals surface area contributed by atoms with Crippen molar-refractivity contribution in [1.82, 2.24) is 33.9 Å². The minimum absolute atomic E-state index is 0.109. The summed E-state index contributed by atoms with van der Waals surface area (Å²) >= 11 is 0. The molecule has 3 aliphatic rings. The number of carbonyl (C=O) groups is 1. The number of amides is 1. The van der Waals surface area contributed by atoms with E-state index in [2.05, 4.69) is 37.1 Å². The molecule has 3 aromatic heterocycles. The topological polar surface area (TPSA) is 127 Å². The summed E-state index contributed by atoms with van der Waals surface area (Å²) in [4.78, 5) is 57.7. The minimum Gasteiger partial charge on any atom is -0.439 e. The number of ether oxygens (including phenoxy) is 1. The molecule has 1 aromatic carbocycles. The Bertz CT molecular complexity index is 1900. The van der Waals surface area contributed by atoms with Crippen LogP contribution in [0.2, 0.25) is 0 Å². The Kier molecular flexibility index (Phi) is 7.50. The molecule has 0 bridgehead atoms. The van der Waals surface area contributed by atoms with Gasteiger partial charge >= 0.3 is 5.69 Å². The van der Waals surface area contributed by atoms with Crippen molar-refractivity contribution >= 4 is 11.6 Å². The Hall–Kier alpha value is -4.75. The van der Waals surface area contributed by atoms with Gasteiger partial charge in [0.15, 0.2) is 0 Å². The van der Waals surface area contributed by atoms with Gasteiger partial charge in [-0.25, -0.2) is 28.7 Å². The number of nitrogens with zero attached hydrogens (tertiary/aromatic N) is 7. The van der Waals surface area contributed by atoms with Gasteiger partial charge in [-0.3, -0.25) is 19.1 Å². The number of rotatable bonds is 8. The second-order valence-electron chi connectivity index (χ2n) is 12.2. The van der Waals surface area contributed by atoms with Crippen LogP contribution in [0.4, 0.5) is 10.1 Å². The Morgan fingerprint density at radius 2 is 1.93 bits per heavy atom. The third-order valence-corrected chi connectivity index (χ3v) is 8.64. The Morgan fingerprint density at radius 1 is 1.11 bits per heavy atom. The van der Waals surface area contributed by atoms with Gasteiger partial charge in [-0.15, -0.1) is 0 Å². The number of likely N-dealkylation sites (N-methyl/N-ethyl adjacent to an activating group) is 1. The number of fused-ring (bicyclic) bond motifs is 1. The highest BCUT2D eigenvalue weighted by atomic mass is 19.1. The molecule has 1 amide bonds. The van der Waals surface area contributed by atoms with Crippen molar-refractivity contribution in [3.8, 4) is 17.4 Å².